The average molecular weight is 218 g/mol. The van der Waals surface area contributed by atoms with Crippen molar-refractivity contribution < 1.29 is 4.42 Å². The molecule has 1 aromatic heterocycles. The molecule has 2 N–H and O–H groups in total. The van der Waals surface area contributed by atoms with Gasteiger partial charge in [-0.3, -0.25) is 0 Å². The number of hydrogen-bond donors (Lipinski definition) is 1. The summed E-state index contributed by atoms with van der Waals surface area (Å²) in [4.78, 5) is 4.45. The Bertz CT molecular complexity index is 508. The maximum atomic E-state index is 6.12. The van der Waals surface area contributed by atoms with E-state index in [0.29, 0.717) is 5.89 Å². The second-order valence-electron chi connectivity index (χ2n) is 5.37. The van der Waals surface area contributed by atoms with Crippen LogP contribution in [0.1, 0.15) is 38.3 Å². The van der Waals surface area contributed by atoms with Crippen molar-refractivity contribution in [3.63, 3.8) is 0 Å². The highest BCUT2D eigenvalue weighted by Crippen LogP contribution is 2.31. The van der Waals surface area contributed by atoms with Crippen LogP contribution < -0.4 is 5.73 Å². The van der Waals surface area contributed by atoms with Crippen LogP contribution in [0.25, 0.3) is 11.1 Å². The third kappa shape index (κ3) is 1.95. The Morgan fingerprint density at radius 2 is 2.00 bits per heavy atom. The van der Waals surface area contributed by atoms with Gasteiger partial charge in [-0.15, -0.1) is 0 Å². The number of nitrogens with two attached hydrogens (primary N) is 1. The van der Waals surface area contributed by atoms with Gasteiger partial charge in [-0.1, -0.05) is 26.8 Å². The number of benzene rings is 1. The van der Waals surface area contributed by atoms with Crippen LogP contribution in [0.2, 0.25) is 0 Å². The van der Waals surface area contributed by atoms with E-state index in [9.17, 15) is 0 Å². The molecular weight excluding hydrogens is 200 g/mol. The molecule has 0 radical (unpaired) electrons. The zero-order valence-corrected chi connectivity index (χ0v) is 10.2. The van der Waals surface area contributed by atoms with E-state index < -0.39 is 0 Å². The molecule has 16 heavy (non-hydrogen) atoms. The van der Waals surface area contributed by atoms with Crippen LogP contribution in [-0.4, -0.2) is 4.98 Å². The monoisotopic (exact) mass is 218 g/mol. The number of hydrogen-bond acceptors (Lipinski definition) is 3. The highest BCUT2D eigenvalue weighted by Gasteiger charge is 2.26. The summed E-state index contributed by atoms with van der Waals surface area (Å²) in [6.45, 7) is 8.28. The molecule has 2 rings (SSSR count). The van der Waals surface area contributed by atoms with Gasteiger partial charge in [0, 0.05) is 0 Å². The molecule has 3 heteroatoms. The van der Waals surface area contributed by atoms with Gasteiger partial charge in [0.05, 0.1) is 6.04 Å². The second kappa shape index (κ2) is 3.59. The smallest absolute Gasteiger partial charge is 0.212 e. The van der Waals surface area contributed by atoms with Crippen LogP contribution in [0.5, 0.6) is 0 Å². The molecule has 0 spiro atoms. The van der Waals surface area contributed by atoms with Crippen LogP contribution >= 0.6 is 0 Å². The summed E-state index contributed by atoms with van der Waals surface area (Å²) < 4.78 is 5.68. The number of fused-ring (bicyclic) bond motifs is 1. The highest BCUT2D eigenvalue weighted by molar-refractivity contribution is 5.73. The summed E-state index contributed by atoms with van der Waals surface area (Å²) in [6.07, 6.45) is 0. The van der Waals surface area contributed by atoms with Gasteiger partial charge in [-0.25, -0.2) is 4.98 Å². The fourth-order valence-electron chi connectivity index (χ4n) is 1.56. The van der Waals surface area contributed by atoms with Crippen molar-refractivity contribution in [1.29, 1.82) is 0 Å². The Kier molecular flexibility index (Phi) is 2.50. The Morgan fingerprint density at radius 1 is 1.31 bits per heavy atom. The largest absolute Gasteiger partial charge is 0.439 e. The zero-order valence-electron chi connectivity index (χ0n) is 10.2. The van der Waals surface area contributed by atoms with Crippen LogP contribution in [0, 0.1) is 12.3 Å². The summed E-state index contributed by atoms with van der Waals surface area (Å²) in [7, 11) is 0. The normalized spacial score (nSPS) is 14.3. The van der Waals surface area contributed by atoms with E-state index in [1.54, 1.807) is 0 Å². The summed E-state index contributed by atoms with van der Waals surface area (Å²) >= 11 is 0. The van der Waals surface area contributed by atoms with Crippen molar-refractivity contribution in [3.8, 4) is 0 Å². The van der Waals surface area contributed by atoms with E-state index >= 15 is 0 Å². The first-order chi connectivity index (χ1) is 7.38. The van der Waals surface area contributed by atoms with Crippen molar-refractivity contribution >= 4 is 11.1 Å². The van der Waals surface area contributed by atoms with E-state index in [1.807, 2.05) is 25.1 Å². The molecule has 1 aromatic carbocycles. The topological polar surface area (TPSA) is 52.0 Å². The summed E-state index contributed by atoms with van der Waals surface area (Å²) in [5.74, 6) is 0.619. The van der Waals surface area contributed by atoms with Gasteiger partial charge >= 0.3 is 0 Å². The SMILES string of the molecule is Cc1ccc2oc(C(N)C(C)(C)C)nc2c1. The fourth-order valence-corrected chi connectivity index (χ4v) is 1.56. The first-order valence-corrected chi connectivity index (χ1v) is 5.50. The lowest BCUT2D eigenvalue weighted by molar-refractivity contribution is 0.282. The molecule has 2 aromatic rings. The van der Waals surface area contributed by atoms with Gasteiger partial charge in [0.2, 0.25) is 5.89 Å². The fraction of sp³-hybridized carbons (Fsp3) is 0.462. The standard InChI is InChI=1S/C13H18N2O/c1-8-5-6-10-9(7-8)15-12(16-10)11(14)13(2,3)4/h5-7,11H,14H2,1-4H3. The summed E-state index contributed by atoms with van der Waals surface area (Å²) in [6, 6.07) is 5.79. The van der Waals surface area contributed by atoms with Crippen LogP contribution in [-0.2, 0) is 0 Å². The van der Waals surface area contributed by atoms with Gasteiger partial charge < -0.3 is 10.2 Å². The van der Waals surface area contributed by atoms with Gasteiger partial charge in [-0.2, -0.15) is 0 Å². The van der Waals surface area contributed by atoms with Crippen molar-refractivity contribution in [2.75, 3.05) is 0 Å². The quantitative estimate of drug-likeness (QED) is 0.799. The summed E-state index contributed by atoms with van der Waals surface area (Å²) in [5.41, 5.74) is 8.94. The van der Waals surface area contributed by atoms with Gasteiger partial charge in [-0.05, 0) is 30.0 Å². The number of nitrogens with zero attached hydrogens (tertiary/aromatic N) is 1. The molecule has 0 aliphatic heterocycles. The third-order valence-corrected chi connectivity index (χ3v) is 2.76. The molecule has 0 saturated carbocycles. The Balaban J connectivity index is 2.47. The van der Waals surface area contributed by atoms with E-state index in [2.05, 4.69) is 25.8 Å². The lowest BCUT2D eigenvalue weighted by Gasteiger charge is -2.23. The zero-order chi connectivity index (χ0) is 11.9. The minimum Gasteiger partial charge on any atom is -0.439 e. The Morgan fingerprint density at radius 3 is 2.62 bits per heavy atom. The number of oxazole rings is 1. The molecule has 86 valence electrons. The third-order valence-electron chi connectivity index (χ3n) is 2.76. The van der Waals surface area contributed by atoms with Crippen molar-refractivity contribution in [3.05, 3.63) is 29.7 Å². The molecule has 0 bridgehead atoms. The minimum absolute atomic E-state index is 0.0457. The molecule has 0 amide bonds. The average Bonchev–Trinajstić information content (AvgIpc) is 2.57. The molecule has 3 nitrogen and oxygen atoms in total. The first-order valence-electron chi connectivity index (χ1n) is 5.50. The number of aryl methyl sites for hydroxylation is 1. The molecule has 0 aliphatic rings. The number of rotatable bonds is 1. The molecule has 0 saturated heterocycles. The molecular formula is C13H18N2O. The lowest BCUT2D eigenvalue weighted by atomic mass is 9.87. The first kappa shape index (κ1) is 11.1. The van der Waals surface area contributed by atoms with E-state index in [-0.39, 0.29) is 11.5 Å². The van der Waals surface area contributed by atoms with Gasteiger partial charge in [0.15, 0.2) is 5.58 Å². The predicted octanol–water partition coefficient (Wildman–Crippen LogP) is 3.18. The van der Waals surface area contributed by atoms with E-state index in [1.165, 1.54) is 5.56 Å². The van der Waals surface area contributed by atoms with E-state index in [4.69, 9.17) is 10.2 Å². The Hall–Kier alpha value is -1.35. The second-order valence-corrected chi connectivity index (χ2v) is 5.37. The summed E-state index contributed by atoms with van der Waals surface area (Å²) in [5, 5.41) is 0. The van der Waals surface area contributed by atoms with Crippen LogP contribution in [0.3, 0.4) is 0 Å². The highest BCUT2D eigenvalue weighted by atomic mass is 16.3. The van der Waals surface area contributed by atoms with E-state index in [0.717, 1.165) is 11.1 Å². The molecule has 1 atom stereocenters. The molecule has 0 aliphatic carbocycles. The van der Waals surface area contributed by atoms with Crippen molar-refractivity contribution in [2.24, 2.45) is 11.1 Å². The molecule has 0 fully saturated rings. The minimum atomic E-state index is -0.180. The Labute approximate surface area is 95.7 Å². The van der Waals surface area contributed by atoms with Crippen molar-refractivity contribution in [1.82, 2.24) is 4.98 Å². The molecule has 1 heterocycles. The van der Waals surface area contributed by atoms with Crippen LogP contribution in [0.15, 0.2) is 22.6 Å². The van der Waals surface area contributed by atoms with Gasteiger partial charge in [0.25, 0.3) is 0 Å². The maximum absolute atomic E-state index is 6.12. The maximum Gasteiger partial charge on any atom is 0.212 e. The lowest BCUT2D eigenvalue weighted by Crippen LogP contribution is -2.26. The van der Waals surface area contributed by atoms with Crippen LogP contribution in [0.4, 0.5) is 0 Å². The predicted molar refractivity (Wildman–Crippen MR) is 65.1 cm³/mol. The van der Waals surface area contributed by atoms with Gasteiger partial charge in [0.1, 0.15) is 5.52 Å². The molecule has 1 unspecified atom stereocenters. The number of aromatic nitrogens is 1. The van der Waals surface area contributed by atoms with Crippen molar-refractivity contribution in [2.45, 2.75) is 33.7 Å².